The van der Waals surface area contributed by atoms with Gasteiger partial charge in [-0.3, -0.25) is 4.79 Å². The minimum atomic E-state index is 0.191. The van der Waals surface area contributed by atoms with Crippen molar-refractivity contribution in [2.75, 3.05) is 13.1 Å². The number of carbonyl (C=O) groups is 1. The van der Waals surface area contributed by atoms with Gasteiger partial charge in [0.05, 0.1) is 0 Å². The van der Waals surface area contributed by atoms with Crippen molar-refractivity contribution in [1.29, 1.82) is 0 Å². The van der Waals surface area contributed by atoms with Gasteiger partial charge in [0.2, 0.25) is 5.91 Å². The molecule has 1 amide bonds. The fourth-order valence-corrected chi connectivity index (χ4v) is 1.89. The molecule has 0 aromatic heterocycles. The standard InChI is InChI=1S/C16H26N2O/c1-16(2,3)10-9-15(19)18(12-11-17)13-14-7-5-4-6-8-14/h4-8H,9-13,17H2,1-3H3. The average molecular weight is 262 g/mol. The van der Waals surface area contributed by atoms with E-state index in [1.54, 1.807) is 0 Å². The monoisotopic (exact) mass is 262 g/mol. The van der Waals surface area contributed by atoms with E-state index in [2.05, 4.69) is 20.8 Å². The molecule has 0 spiro atoms. The van der Waals surface area contributed by atoms with Crippen molar-refractivity contribution in [3.63, 3.8) is 0 Å². The van der Waals surface area contributed by atoms with Crippen molar-refractivity contribution in [1.82, 2.24) is 4.90 Å². The molecular weight excluding hydrogens is 236 g/mol. The van der Waals surface area contributed by atoms with Crippen molar-refractivity contribution >= 4 is 5.91 Å². The van der Waals surface area contributed by atoms with Crippen LogP contribution in [0.5, 0.6) is 0 Å². The van der Waals surface area contributed by atoms with Gasteiger partial charge in [-0.25, -0.2) is 0 Å². The van der Waals surface area contributed by atoms with Gasteiger partial charge >= 0.3 is 0 Å². The summed E-state index contributed by atoms with van der Waals surface area (Å²) < 4.78 is 0. The third-order valence-corrected chi connectivity index (χ3v) is 3.06. The second kappa shape index (κ2) is 7.29. The highest BCUT2D eigenvalue weighted by Gasteiger charge is 2.17. The molecule has 0 aliphatic rings. The zero-order chi connectivity index (χ0) is 14.3. The highest BCUT2D eigenvalue weighted by Crippen LogP contribution is 2.21. The SMILES string of the molecule is CC(C)(C)CCC(=O)N(CCN)Cc1ccccc1. The lowest BCUT2D eigenvalue weighted by molar-refractivity contribution is -0.132. The maximum absolute atomic E-state index is 12.3. The van der Waals surface area contributed by atoms with Crippen molar-refractivity contribution < 1.29 is 4.79 Å². The number of hydrogen-bond acceptors (Lipinski definition) is 2. The quantitative estimate of drug-likeness (QED) is 0.857. The molecular formula is C16H26N2O. The highest BCUT2D eigenvalue weighted by atomic mass is 16.2. The van der Waals surface area contributed by atoms with E-state index < -0.39 is 0 Å². The summed E-state index contributed by atoms with van der Waals surface area (Å²) >= 11 is 0. The molecule has 3 nitrogen and oxygen atoms in total. The normalized spacial score (nSPS) is 11.4. The molecule has 0 bridgehead atoms. The summed E-state index contributed by atoms with van der Waals surface area (Å²) in [6, 6.07) is 10.1. The summed E-state index contributed by atoms with van der Waals surface area (Å²) in [4.78, 5) is 14.1. The van der Waals surface area contributed by atoms with E-state index in [9.17, 15) is 4.79 Å². The topological polar surface area (TPSA) is 46.3 Å². The fraction of sp³-hybridized carbons (Fsp3) is 0.562. The number of amides is 1. The van der Waals surface area contributed by atoms with Gasteiger partial charge < -0.3 is 10.6 Å². The van der Waals surface area contributed by atoms with E-state index in [0.29, 0.717) is 26.1 Å². The first-order valence-electron chi connectivity index (χ1n) is 6.94. The van der Waals surface area contributed by atoms with Crippen molar-refractivity contribution in [2.45, 2.75) is 40.2 Å². The molecule has 0 heterocycles. The first kappa shape index (κ1) is 15.7. The predicted molar refractivity (Wildman–Crippen MR) is 79.6 cm³/mol. The minimum absolute atomic E-state index is 0.191. The Hall–Kier alpha value is -1.35. The van der Waals surface area contributed by atoms with Crippen LogP contribution in [0.1, 0.15) is 39.2 Å². The Bertz CT molecular complexity index is 381. The molecule has 0 aliphatic heterocycles. The molecule has 0 saturated heterocycles. The second-order valence-corrected chi connectivity index (χ2v) is 6.15. The van der Waals surface area contributed by atoms with Gasteiger partial charge in [0.25, 0.3) is 0 Å². The summed E-state index contributed by atoms with van der Waals surface area (Å²) in [7, 11) is 0. The maximum atomic E-state index is 12.3. The van der Waals surface area contributed by atoms with Crippen molar-refractivity contribution in [3.8, 4) is 0 Å². The smallest absolute Gasteiger partial charge is 0.222 e. The lowest BCUT2D eigenvalue weighted by Crippen LogP contribution is -2.35. The molecule has 0 fully saturated rings. The summed E-state index contributed by atoms with van der Waals surface area (Å²) in [6.45, 7) is 8.26. The van der Waals surface area contributed by atoms with Gasteiger partial charge in [-0.05, 0) is 17.4 Å². The van der Waals surface area contributed by atoms with Gasteiger partial charge in [0, 0.05) is 26.1 Å². The first-order chi connectivity index (χ1) is 8.92. The lowest BCUT2D eigenvalue weighted by atomic mass is 9.90. The number of carbonyl (C=O) groups excluding carboxylic acids is 1. The average Bonchev–Trinajstić information content (AvgIpc) is 2.36. The van der Waals surface area contributed by atoms with E-state index in [0.717, 1.165) is 12.0 Å². The Labute approximate surface area is 116 Å². The minimum Gasteiger partial charge on any atom is -0.337 e. The molecule has 0 saturated carbocycles. The van der Waals surface area contributed by atoms with Gasteiger partial charge in [-0.2, -0.15) is 0 Å². The van der Waals surface area contributed by atoms with Crippen LogP contribution in [0.25, 0.3) is 0 Å². The number of nitrogens with zero attached hydrogens (tertiary/aromatic N) is 1. The van der Waals surface area contributed by atoms with Crippen LogP contribution >= 0.6 is 0 Å². The zero-order valence-corrected chi connectivity index (χ0v) is 12.4. The van der Waals surface area contributed by atoms with Crippen molar-refractivity contribution in [3.05, 3.63) is 35.9 Å². The fourth-order valence-electron chi connectivity index (χ4n) is 1.89. The molecule has 19 heavy (non-hydrogen) atoms. The van der Waals surface area contributed by atoms with E-state index in [1.807, 2.05) is 35.2 Å². The molecule has 0 atom stereocenters. The Morgan fingerprint density at radius 1 is 1.21 bits per heavy atom. The van der Waals surface area contributed by atoms with Crippen LogP contribution in [0.4, 0.5) is 0 Å². The molecule has 3 heteroatoms. The van der Waals surface area contributed by atoms with Gasteiger partial charge in [-0.15, -0.1) is 0 Å². The van der Waals surface area contributed by atoms with Crippen molar-refractivity contribution in [2.24, 2.45) is 11.1 Å². The molecule has 1 rings (SSSR count). The summed E-state index contributed by atoms with van der Waals surface area (Å²) in [5.74, 6) is 0.198. The summed E-state index contributed by atoms with van der Waals surface area (Å²) in [5, 5.41) is 0. The molecule has 0 radical (unpaired) electrons. The summed E-state index contributed by atoms with van der Waals surface area (Å²) in [6.07, 6.45) is 1.50. The van der Waals surface area contributed by atoms with E-state index in [4.69, 9.17) is 5.73 Å². The van der Waals surface area contributed by atoms with Crippen LogP contribution < -0.4 is 5.73 Å². The van der Waals surface area contributed by atoms with Crippen LogP contribution in [0.2, 0.25) is 0 Å². The Morgan fingerprint density at radius 2 is 1.84 bits per heavy atom. The third kappa shape index (κ3) is 6.39. The first-order valence-corrected chi connectivity index (χ1v) is 6.94. The number of hydrogen-bond donors (Lipinski definition) is 1. The van der Waals surface area contributed by atoms with Gasteiger partial charge in [0.1, 0.15) is 0 Å². The Kier molecular flexibility index (Phi) is 6.03. The largest absolute Gasteiger partial charge is 0.337 e. The Morgan fingerprint density at radius 3 is 2.37 bits per heavy atom. The molecule has 1 aromatic carbocycles. The number of benzene rings is 1. The van der Waals surface area contributed by atoms with E-state index in [-0.39, 0.29) is 11.3 Å². The lowest BCUT2D eigenvalue weighted by Gasteiger charge is -2.24. The van der Waals surface area contributed by atoms with E-state index >= 15 is 0 Å². The summed E-state index contributed by atoms with van der Waals surface area (Å²) in [5.41, 5.74) is 6.95. The molecule has 2 N–H and O–H groups in total. The van der Waals surface area contributed by atoms with E-state index in [1.165, 1.54) is 0 Å². The predicted octanol–water partition coefficient (Wildman–Crippen LogP) is 2.80. The zero-order valence-electron chi connectivity index (χ0n) is 12.4. The number of nitrogens with two attached hydrogens (primary N) is 1. The van der Waals surface area contributed by atoms with Crippen LogP contribution in [0.15, 0.2) is 30.3 Å². The van der Waals surface area contributed by atoms with Crippen LogP contribution in [0.3, 0.4) is 0 Å². The second-order valence-electron chi connectivity index (χ2n) is 6.15. The molecule has 0 aliphatic carbocycles. The van der Waals surface area contributed by atoms with Gasteiger partial charge in [-0.1, -0.05) is 51.1 Å². The molecule has 106 valence electrons. The highest BCUT2D eigenvalue weighted by molar-refractivity contribution is 5.76. The maximum Gasteiger partial charge on any atom is 0.222 e. The Balaban J connectivity index is 2.59. The van der Waals surface area contributed by atoms with Crippen LogP contribution in [-0.2, 0) is 11.3 Å². The van der Waals surface area contributed by atoms with Gasteiger partial charge in [0.15, 0.2) is 0 Å². The number of rotatable bonds is 6. The van der Waals surface area contributed by atoms with Crippen LogP contribution in [-0.4, -0.2) is 23.9 Å². The third-order valence-electron chi connectivity index (χ3n) is 3.06. The molecule has 0 unspecified atom stereocenters. The molecule has 1 aromatic rings. The van der Waals surface area contributed by atoms with Crippen LogP contribution in [0, 0.1) is 5.41 Å².